The number of ether oxygens (including phenoxy) is 2. The van der Waals surface area contributed by atoms with Crippen LogP contribution in [0.5, 0.6) is 0 Å². The molecule has 5 nitrogen and oxygen atoms in total. The molecule has 1 unspecified atom stereocenters. The third-order valence-electron chi connectivity index (χ3n) is 4.03. The topological polar surface area (TPSA) is 51.7 Å². The van der Waals surface area contributed by atoms with Crippen molar-refractivity contribution in [2.45, 2.75) is 20.0 Å². The first kappa shape index (κ1) is 16.4. The molecule has 0 radical (unpaired) electrons. The highest BCUT2D eigenvalue weighted by Crippen LogP contribution is 2.22. The van der Waals surface area contributed by atoms with Gasteiger partial charge in [0.1, 0.15) is 11.6 Å². The molecule has 23 heavy (non-hydrogen) atoms. The number of carbonyl (C=O) groups excluding carboxylic acids is 1. The van der Waals surface area contributed by atoms with Gasteiger partial charge < -0.3 is 14.4 Å². The Bertz CT molecular complexity index is 619. The third-order valence-corrected chi connectivity index (χ3v) is 5.04. The number of aromatic nitrogens is 1. The highest BCUT2D eigenvalue weighted by atomic mass is 32.1. The van der Waals surface area contributed by atoms with Gasteiger partial charge in [-0.2, -0.15) is 0 Å². The average molecular weight is 334 g/mol. The zero-order valence-electron chi connectivity index (χ0n) is 13.4. The molecule has 1 fully saturated rings. The number of fused-ring (bicyclic) bond motifs is 1. The zero-order chi connectivity index (χ0) is 16.1. The number of thiazole rings is 1. The monoisotopic (exact) mass is 334 g/mol. The molecule has 0 bridgehead atoms. The van der Waals surface area contributed by atoms with Crippen molar-refractivity contribution >= 4 is 27.5 Å². The number of benzene rings is 1. The number of carbonyl (C=O) groups is 1. The quantitative estimate of drug-likeness (QED) is 0.781. The van der Waals surface area contributed by atoms with Crippen LogP contribution in [0.4, 0.5) is 0 Å². The van der Waals surface area contributed by atoms with Crippen molar-refractivity contribution in [3.05, 3.63) is 29.3 Å². The molecule has 0 spiro atoms. The molecule has 2 heterocycles. The number of para-hydroxylation sites is 1. The van der Waals surface area contributed by atoms with Gasteiger partial charge in [-0.25, -0.2) is 4.98 Å². The van der Waals surface area contributed by atoms with Gasteiger partial charge in [0.15, 0.2) is 0 Å². The van der Waals surface area contributed by atoms with Crippen molar-refractivity contribution in [3.8, 4) is 0 Å². The lowest BCUT2D eigenvalue weighted by atomic mass is 10.1. The van der Waals surface area contributed by atoms with E-state index < -0.39 is 0 Å². The second-order valence-corrected chi connectivity index (χ2v) is 6.85. The molecule has 1 aliphatic rings. The number of hydrogen-bond donors (Lipinski definition) is 0. The minimum atomic E-state index is 0.0421. The molecule has 1 amide bonds. The molecule has 1 aromatic heterocycles. The number of nitrogens with zero attached hydrogens (tertiary/aromatic N) is 2. The predicted molar refractivity (Wildman–Crippen MR) is 90.5 cm³/mol. The van der Waals surface area contributed by atoms with E-state index in [2.05, 4.69) is 4.98 Å². The lowest BCUT2D eigenvalue weighted by molar-refractivity contribution is -0.137. The zero-order valence-corrected chi connectivity index (χ0v) is 14.2. The maximum absolute atomic E-state index is 12.3. The third kappa shape index (κ3) is 4.28. The van der Waals surface area contributed by atoms with Gasteiger partial charge >= 0.3 is 0 Å². The minimum Gasteiger partial charge on any atom is -0.381 e. The number of amides is 1. The van der Waals surface area contributed by atoms with Gasteiger partial charge in [0.2, 0.25) is 5.91 Å². The first-order valence-electron chi connectivity index (χ1n) is 8.04. The van der Waals surface area contributed by atoms with E-state index in [0.29, 0.717) is 19.1 Å². The van der Waals surface area contributed by atoms with Crippen LogP contribution in [-0.2, 0) is 20.9 Å². The second-order valence-electron chi connectivity index (χ2n) is 5.73. The van der Waals surface area contributed by atoms with Crippen molar-refractivity contribution in [3.63, 3.8) is 0 Å². The summed E-state index contributed by atoms with van der Waals surface area (Å²) in [7, 11) is 0. The highest BCUT2D eigenvalue weighted by Gasteiger charge is 2.21. The molecule has 1 atom stereocenters. The largest absolute Gasteiger partial charge is 0.381 e. The van der Waals surface area contributed by atoms with Crippen LogP contribution in [0, 0.1) is 5.92 Å². The molecule has 1 aliphatic heterocycles. The fourth-order valence-electron chi connectivity index (χ4n) is 2.74. The van der Waals surface area contributed by atoms with Crippen LogP contribution < -0.4 is 0 Å². The Hall–Kier alpha value is -1.50. The lowest BCUT2D eigenvalue weighted by Gasteiger charge is -2.23. The molecule has 124 valence electrons. The van der Waals surface area contributed by atoms with Crippen molar-refractivity contribution in [2.75, 3.05) is 32.9 Å². The van der Waals surface area contributed by atoms with Crippen LogP contribution >= 0.6 is 11.3 Å². The summed E-state index contributed by atoms with van der Waals surface area (Å²) in [5.74, 6) is 0.503. The van der Waals surface area contributed by atoms with Gasteiger partial charge in [0.05, 0.1) is 23.4 Å². The van der Waals surface area contributed by atoms with Gasteiger partial charge in [-0.3, -0.25) is 4.79 Å². The molecule has 1 aromatic carbocycles. The lowest BCUT2D eigenvalue weighted by Crippen LogP contribution is -2.37. The molecule has 1 saturated heterocycles. The fourth-order valence-corrected chi connectivity index (χ4v) is 3.65. The number of hydrogen-bond acceptors (Lipinski definition) is 5. The summed E-state index contributed by atoms with van der Waals surface area (Å²) in [6, 6.07) is 8.01. The van der Waals surface area contributed by atoms with Crippen molar-refractivity contribution in [1.82, 2.24) is 9.88 Å². The van der Waals surface area contributed by atoms with E-state index in [1.54, 1.807) is 11.3 Å². The normalized spacial score (nSPS) is 17.7. The summed E-state index contributed by atoms with van der Waals surface area (Å²) in [5, 5.41) is 0.909. The van der Waals surface area contributed by atoms with Crippen molar-refractivity contribution < 1.29 is 14.3 Å². The number of likely N-dealkylation sites (N-methyl/N-ethyl adjacent to an activating group) is 1. The van der Waals surface area contributed by atoms with Gasteiger partial charge in [0.25, 0.3) is 0 Å². The van der Waals surface area contributed by atoms with Crippen molar-refractivity contribution in [2.24, 2.45) is 5.92 Å². The second kappa shape index (κ2) is 7.86. The summed E-state index contributed by atoms with van der Waals surface area (Å²) in [4.78, 5) is 18.6. The first-order valence-corrected chi connectivity index (χ1v) is 8.85. The Morgan fingerprint density at radius 2 is 2.35 bits per heavy atom. The Kier molecular flexibility index (Phi) is 5.59. The van der Waals surface area contributed by atoms with Crippen LogP contribution in [0.2, 0.25) is 0 Å². The Labute approximate surface area is 140 Å². The maximum Gasteiger partial charge on any atom is 0.248 e. The molecule has 0 saturated carbocycles. The van der Waals surface area contributed by atoms with Crippen LogP contribution in [0.15, 0.2) is 24.3 Å². The van der Waals surface area contributed by atoms with E-state index in [4.69, 9.17) is 9.47 Å². The van der Waals surface area contributed by atoms with Gasteiger partial charge in [0, 0.05) is 25.6 Å². The van der Waals surface area contributed by atoms with Crippen LogP contribution in [0.25, 0.3) is 10.2 Å². The Morgan fingerprint density at radius 1 is 1.48 bits per heavy atom. The minimum absolute atomic E-state index is 0.0421. The summed E-state index contributed by atoms with van der Waals surface area (Å²) in [6.45, 7) is 5.54. The molecule has 0 aliphatic carbocycles. The van der Waals surface area contributed by atoms with E-state index in [0.717, 1.165) is 41.4 Å². The first-order chi connectivity index (χ1) is 11.3. The number of rotatable bonds is 7. The SMILES string of the molecule is CCN(CC1CCOC1)C(=O)COCc1nc2ccccc2s1. The van der Waals surface area contributed by atoms with E-state index in [1.165, 1.54) is 0 Å². The summed E-state index contributed by atoms with van der Waals surface area (Å²) < 4.78 is 12.1. The molecule has 0 N–H and O–H groups in total. The highest BCUT2D eigenvalue weighted by molar-refractivity contribution is 7.18. The summed E-state index contributed by atoms with van der Waals surface area (Å²) in [6.07, 6.45) is 1.04. The predicted octanol–water partition coefficient (Wildman–Crippen LogP) is 2.70. The summed E-state index contributed by atoms with van der Waals surface area (Å²) in [5.41, 5.74) is 0.985. The standard InChI is InChI=1S/C17H22N2O3S/c1-2-19(9-13-7-8-21-10-13)17(20)12-22-11-16-18-14-5-3-4-6-15(14)23-16/h3-6,13H,2,7-12H2,1H3. The van der Waals surface area contributed by atoms with E-state index in [1.807, 2.05) is 36.1 Å². The van der Waals surface area contributed by atoms with Crippen molar-refractivity contribution in [1.29, 1.82) is 0 Å². The molecular weight excluding hydrogens is 312 g/mol. The summed E-state index contributed by atoms with van der Waals surface area (Å²) >= 11 is 1.61. The van der Waals surface area contributed by atoms with Crippen LogP contribution in [0.3, 0.4) is 0 Å². The Balaban J connectivity index is 1.47. The van der Waals surface area contributed by atoms with Crippen LogP contribution in [-0.4, -0.2) is 48.7 Å². The molecule has 2 aromatic rings. The van der Waals surface area contributed by atoms with E-state index in [-0.39, 0.29) is 12.5 Å². The van der Waals surface area contributed by atoms with Crippen LogP contribution in [0.1, 0.15) is 18.4 Å². The maximum atomic E-state index is 12.3. The fraction of sp³-hybridized carbons (Fsp3) is 0.529. The molecular formula is C17H22N2O3S. The Morgan fingerprint density at radius 3 is 3.09 bits per heavy atom. The molecule has 3 rings (SSSR count). The van der Waals surface area contributed by atoms with E-state index in [9.17, 15) is 4.79 Å². The average Bonchev–Trinajstić information content (AvgIpc) is 3.21. The van der Waals surface area contributed by atoms with Gasteiger partial charge in [-0.05, 0) is 25.5 Å². The molecule has 6 heteroatoms. The van der Waals surface area contributed by atoms with Gasteiger partial charge in [-0.15, -0.1) is 11.3 Å². The van der Waals surface area contributed by atoms with Gasteiger partial charge in [-0.1, -0.05) is 12.1 Å². The van der Waals surface area contributed by atoms with E-state index >= 15 is 0 Å². The smallest absolute Gasteiger partial charge is 0.248 e.